The number of nitrogens with one attached hydrogen (secondary N) is 2. The van der Waals surface area contributed by atoms with Crippen molar-refractivity contribution in [2.24, 2.45) is 5.92 Å². The lowest BCUT2D eigenvalue weighted by Crippen LogP contribution is -2.31. The molecule has 1 fully saturated rings. The van der Waals surface area contributed by atoms with Gasteiger partial charge in [-0.15, -0.1) is 0 Å². The van der Waals surface area contributed by atoms with Crippen LogP contribution in [0.1, 0.15) is 64.6 Å². The summed E-state index contributed by atoms with van der Waals surface area (Å²) < 4.78 is 20.8. The molecule has 2 aliphatic rings. The van der Waals surface area contributed by atoms with Gasteiger partial charge in [0.25, 0.3) is 5.91 Å². The molecule has 2 aromatic carbocycles. The van der Waals surface area contributed by atoms with Crippen molar-refractivity contribution in [2.45, 2.75) is 45.1 Å². The minimum absolute atomic E-state index is 0.130. The fraction of sp³-hybridized carbons (Fsp3) is 0.385. The third-order valence-electron chi connectivity index (χ3n) is 6.44. The molecule has 5 rings (SSSR count). The topological polar surface area (TPSA) is 70.2 Å². The van der Waals surface area contributed by atoms with Crippen molar-refractivity contribution >= 4 is 5.91 Å². The second-order valence-corrected chi connectivity index (χ2v) is 9.18. The highest BCUT2D eigenvalue weighted by Gasteiger charge is 2.26. The first-order chi connectivity index (χ1) is 16.0. The minimum atomic E-state index is -1.02. The lowest BCUT2D eigenvalue weighted by Gasteiger charge is -2.31. The van der Waals surface area contributed by atoms with Crippen LogP contribution in [0.15, 0.2) is 54.9 Å². The third-order valence-corrected chi connectivity index (χ3v) is 6.44. The number of fused-ring (bicyclic) bond motifs is 1. The summed E-state index contributed by atoms with van der Waals surface area (Å²) in [5.74, 6) is 1.29. The molecule has 1 aromatic heterocycles. The zero-order valence-corrected chi connectivity index (χ0v) is 18.8. The number of carbonyl (C=O) groups is 1. The molecule has 2 atom stereocenters. The zero-order chi connectivity index (χ0) is 22.8. The quantitative estimate of drug-likeness (QED) is 0.523. The van der Waals surface area contributed by atoms with Gasteiger partial charge in [0.05, 0.1) is 24.4 Å². The molecule has 1 saturated carbocycles. The minimum Gasteiger partial charge on any atom is -0.493 e. The summed E-state index contributed by atoms with van der Waals surface area (Å²) in [5.41, 5.74) is 4.43. The number of amides is 1. The van der Waals surface area contributed by atoms with Crippen molar-refractivity contribution in [1.82, 2.24) is 20.4 Å². The first-order valence-electron chi connectivity index (χ1n) is 11.6. The fourth-order valence-corrected chi connectivity index (χ4v) is 4.26. The predicted octanol–water partition coefficient (Wildman–Crippen LogP) is 4.72. The SMILES string of the molecule is C[C@H](NC(=O)c1cn[nH]c1)c1ccc(CN2Cc3ccc(OCC4CC4)cc3C(F)C2)cc1. The molecular weight excluding hydrogens is 419 g/mol. The van der Waals surface area contributed by atoms with Gasteiger partial charge in [-0.25, -0.2) is 4.39 Å². The lowest BCUT2D eigenvalue weighted by atomic mass is 9.97. The Kier molecular flexibility index (Phi) is 6.13. The average Bonchev–Trinajstić information content (AvgIpc) is 3.48. The van der Waals surface area contributed by atoms with Crippen LogP contribution in [0.3, 0.4) is 0 Å². The Morgan fingerprint density at radius 2 is 2.09 bits per heavy atom. The summed E-state index contributed by atoms with van der Waals surface area (Å²) in [7, 11) is 0. The smallest absolute Gasteiger partial charge is 0.254 e. The first-order valence-corrected chi connectivity index (χ1v) is 11.6. The van der Waals surface area contributed by atoms with Crippen molar-refractivity contribution in [3.63, 3.8) is 0 Å². The number of hydrogen-bond donors (Lipinski definition) is 2. The Hall–Kier alpha value is -3.19. The van der Waals surface area contributed by atoms with Crippen molar-refractivity contribution in [3.05, 3.63) is 82.7 Å². The molecule has 7 heteroatoms. The Labute approximate surface area is 193 Å². The number of carbonyl (C=O) groups excluding carboxylic acids is 1. The molecule has 0 radical (unpaired) electrons. The van der Waals surface area contributed by atoms with Gasteiger partial charge < -0.3 is 10.1 Å². The number of hydrogen-bond acceptors (Lipinski definition) is 4. The number of nitrogens with zero attached hydrogens (tertiary/aromatic N) is 2. The Bertz CT molecular complexity index is 1100. The van der Waals surface area contributed by atoms with E-state index in [-0.39, 0.29) is 11.9 Å². The molecule has 33 heavy (non-hydrogen) atoms. The van der Waals surface area contributed by atoms with Crippen LogP contribution in [0.2, 0.25) is 0 Å². The normalized spacial score (nSPS) is 19.0. The van der Waals surface area contributed by atoms with Crippen LogP contribution in [0, 0.1) is 5.92 Å². The lowest BCUT2D eigenvalue weighted by molar-refractivity contribution is 0.0940. The van der Waals surface area contributed by atoms with E-state index in [1.807, 2.05) is 49.4 Å². The highest BCUT2D eigenvalue weighted by Crippen LogP contribution is 2.34. The molecule has 1 aliphatic heterocycles. The summed E-state index contributed by atoms with van der Waals surface area (Å²) >= 11 is 0. The van der Waals surface area contributed by atoms with Crippen LogP contribution < -0.4 is 10.1 Å². The molecule has 2 N–H and O–H groups in total. The number of ether oxygens (including phenoxy) is 1. The summed E-state index contributed by atoms with van der Waals surface area (Å²) in [6.07, 6.45) is 4.54. The van der Waals surface area contributed by atoms with Crippen molar-refractivity contribution in [1.29, 1.82) is 0 Å². The number of alkyl halides is 1. The molecule has 1 amide bonds. The first kappa shape index (κ1) is 21.6. The van der Waals surface area contributed by atoms with E-state index in [4.69, 9.17) is 4.74 Å². The Morgan fingerprint density at radius 3 is 2.82 bits per heavy atom. The van der Waals surface area contributed by atoms with E-state index in [1.54, 1.807) is 6.20 Å². The summed E-state index contributed by atoms with van der Waals surface area (Å²) in [6.45, 7) is 4.46. The van der Waals surface area contributed by atoms with Crippen molar-refractivity contribution in [2.75, 3.05) is 13.2 Å². The molecule has 0 spiro atoms. The molecule has 0 bridgehead atoms. The number of H-pyrrole nitrogens is 1. The van der Waals surface area contributed by atoms with Gasteiger partial charge in [-0.05, 0) is 60.1 Å². The van der Waals surface area contributed by atoms with Crippen LogP contribution in [0.5, 0.6) is 5.75 Å². The van der Waals surface area contributed by atoms with Gasteiger partial charge in [0.2, 0.25) is 0 Å². The molecule has 3 aromatic rings. The Morgan fingerprint density at radius 1 is 1.27 bits per heavy atom. The third kappa shape index (κ3) is 5.25. The van der Waals surface area contributed by atoms with Crippen molar-refractivity contribution in [3.8, 4) is 5.75 Å². The molecule has 6 nitrogen and oxygen atoms in total. The molecule has 1 unspecified atom stereocenters. The largest absolute Gasteiger partial charge is 0.493 e. The van der Waals surface area contributed by atoms with E-state index in [0.29, 0.717) is 24.6 Å². The summed E-state index contributed by atoms with van der Waals surface area (Å²) in [4.78, 5) is 14.4. The zero-order valence-electron chi connectivity index (χ0n) is 18.8. The van der Waals surface area contributed by atoms with E-state index in [1.165, 1.54) is 19.0 Å². The monoisotopic (exact) mass is 448 g/mol. The molecular formula is C26H29FN4O2. The highest BCUT2D eigenvalue weighted by molar-refractivity contribution is 5.93. The summed E-state index contributed by atoms with van der Waals surface area (Å²) in [5, 5.41) is 9.42. The van der Waals surface area contributed by atoms with E-state index >= 15 is 0 Å². The van der Waals surface area contributed by atoms with Crippen molar-refractivity contribution < 1.29 is 13.9 Å². The second kappa shape index (κ2) is 9.35. The predicted molar refractivity (Wildman–Crippen MR) is 124 cm³/mol. The van der Waals surface area contributed by atoms with Crippen LogP contribution >= 0.6 is 0 Å². The van der Waals surface area contributed by atoms with E-state index in [0.717, 1.165) is 41.2 Å². The second-order valence-electron chi connectivity index (χ2n) is 9.18. The van der Waals surface area contributed by atoms with Crippen LogP contribution in [-0.2, 0) is 13.1 Å². The van der Waals surface area contributed by atoms with Gasteiger partial charge in [-0.2, -0.15) is 5.10 Å². The van der Waals surface area contributed by atoms with Gasteiger partial charge in [-0.1, -0.05) is 30.3 Å². The fourth-order valence-electron chi connectivity index (χ4n) is 4.26. The standard InChI is InChI=1S/C26H29FN4O2/c1-17(30-26(32)22-11-28-29-12-22)20-6-4-18(5-7-20)13-31-14-21-8-9-23(33-16-19-2-3-19)10-24(21)25(27)15-31/h4-12,17,19,25H,2-3,13-16H2,1H3,(H,28,29)(H,30,32)/t17-,25?/m0/s1. The van der Waals surface area contributed by atoms with E-state index < -0.39 is 6.17 Å². The number of aromatic amines is 1. The molecule has 2 heterocycles. The maximum atomic E-state index is 15.0. The van der Waals surface area contributed by atoms with Crippen LogP contribution in [0.4, 0.5) is 4.39 Å². The molecule has 172 valence electrons. The van der Waals surface area contributed by atoms with Gasteiger partial charge in [-0.3, -0.25) is 14.8 Å². The Balaban J connectivity index is 1.18. The molecule has 1 aliphatic carbocycles. The van der Waals surface area contributed by atoms with Crippen LogP contribution in [-0.4, -0.2) is 34.2 Å². The van der Waals surface area contributed by atoms with Gasteiger partial charge >= 0.3 is 0 Å². The maximum absolute atomic E-state index is 15.0. The maximum Gasteiger partial charge on any atom is 0.254 e. The van der Waals surface area contributed by atoms with Gasteiger partial charge in [0.15, 0.2) is 0 Å². The number of benzene rings is 2. The summed E-state index contributed by atoms with van der Waals surface area (Å²) in [6, 6.07) is 13.9. The van der Waals surface area contributed by atoms with Gasteiger partial charge in [0, 0.05) is 25.8 Å². The van der Waals surface area contributed by atoms with E-state index in [2.05, 4.69) is 20.4 Å². The molecule has 0 saturated heterocycles. The van der Waals surface area contributed by atoms with Gasteiger partial charge in [0.1, 0.15) is 11.9 Å². The highest BCUT2D eigenvalue weighted by atomic mass is 19.1. The number of halogens is 1. The average molecular weight is 449 g/mol. The number of aromatic nitrogens is 2. The van der Waals surface area contributed by atoms with Crippen LogP contribution in [0.25, 0.3) is 0 Å². The number of rotatable bonds is 8. The van der Waals surface area contributed by atoms with E-state index in [9.17, 15) is 9.18 Å².